The van der Waals surface area contributed by atoms with Crippen molar-refractivity contribution in [3.05, 3.63) is 48.0 Å². The molecule has 0 aliphatic carbocycles. The summed E-state index contributed by atoms with van der Waals surface area (Å²) in [4.78, 5) is 30.0. The van der Waals surface area contributed by atoms with Crippen LogP contribution in [0.15, 0.2) is 36.8 Å². The summed E-state index contributed by atoms with van der Waals surface area (Å²) in [5.74, 6) is 1.33. The maximum atomic E-state index is 12.5. The predicted octanol–water partition coefficient (Wildman–Crippen LogP) is 2.04. The summed E-state index contributed by atoms with van der Waals surface area (Å²) in [5.41, 5.74) is 2.77. The molecule has 0 saturated carbocycles. The Labute approximate surface area is 143 Å². The molecule has 1 aliphatic rings. The predicted molar refractivity (Wildman–Crippen MR) is 89.7 cm³/mol. The van der Waals surface area contributed by atoms with Gasteiger partial charge in [0.1, 0.15) is 0 Å². The molecule has 3 aromatic rings. The zero-order chi connectivity index (χ0) is 17.4. The van der Waals surface area contributed by atoms with Gasteiger partial charge in [-0.25, -0.2) is 9.97 Å². The van der Waals surface area contributed by atoms with Crippen molar-refractivity contribution in [2.24, 2.45) is 0 Å². The molecule has 1 amide bonds. The minimum Gasteiger partial charge on any atom is -0.491 e. The van der Waals surface area contributed by atoms with Crippen LogP contribution in [-0.4, -0.2) is 40.1 Å². The highest BCUT2D eigenvalue weighted by Crippen LogP contribution is 2.31. The van der Waals surface area contributed by atoms with Crippen LogP contribution in [0, 0.1) is 0 Å². The minimum absolute atomic E-state index is 0.116. The number of nitrogens with zero attached hydrogens (tertiary/aromatic N) is 4. The fourth-order valence-electron chi connectivity index (χ4n) is 2.79. The van der Waals surface area contributed by atoms with Crippen LogP contribution in [0.1, 0.15) is 16.1 Å². The third-order valence-corrected chi connectivity index (χ3v) is 4.02. The Hall–Kier alpha value is -3.42. The third-order valence-electron chi connectivity index (χ3n) is 4.02. The summed E-state index contributed by atoms with van der Waals surface area (Å²) in [6, 6.07) is 5.38. The van der Waals surface area contributed by atoms with Crippen LogP contribution in [0.2, 0.25) is 0 Å². The van der Waals surface area contributed by atoms with Crippen molar-refractivity contribution in [2.45, 2.75) is 6.54 Å². The van der Waals surface area contributed by atoms with Crippen LogP contribution in [0.25, 0.3) is 11.3 Å². The molecular weight excluding hydrogens is 322 g/mol. The fraction of sp³-hybridized carbons (Fsp3) is 0.176. The number of H-pyrrole nitrogens is 1. The number of fused-ring (bicyclic) bond motifs is 1. The zero-order valence-electron chi connectivity index (χ0n) is 13.7. The van der Waals surface area contributed by atoms with Gasteiger partial charge in [-0.05, 0) is 18.2 Å². The number of anilines is 1. The highest BCUT2D eigenvalue weighted by Gasteiger charge is 2.31. The summed E-state index contributed by atoms with van der Waals surface area (Å²) in [5, 5.41) is 0. The van der Waals surface area contributed by atoms with Crippen molar-refractivity contribution in [1.29, 1.82) is 0 Å². The standard InChI is InChI=1S/C17H15N5O3/c1-24-14-7-10(8-20-15(14)25-2)12-4-3-11-13(21-12)9-22(16(11)23)17-18-5-6-19-17/h3-8H,9H2,1-2H3,(H,18,19). The Morgan fingerprint density at radius 2 is 2.08 bits per heavy atom. The molecule has 0 fully saturated rings. The van der Waals surface area contributed by atoms with Gasteiger partial charge in [-0.2, -0.15) is 0 Å². The van der Waals surface area contributed by atoms with Gasteiger partial charge in [0.15, 0.2) is 5.75 Å². The summed E-state index contributed by atoms with van der Waals surface area (Å²) >= 11 is 0. The number of ether oxygens (including phenoxy) is 2. The number of carbonyl (C=O) groups is 1. The van der Waals surface area contributed by atoms with Crippen molar-refractivity contribution in [1.82, 2.24) is 19.9 Å². The number of rotatable bonds is 4. The van der Waals surface area contributed by atoms with Gasteiger partial charge in [0.25, 0.3) is 11.8 Å². The van der Waals surface area contributed by atoms with E-state index in [4.69, 9.17) is 9.47 Å². The molecule has 8 nitrogen and oxygen atoms in total. The fourth-order valence-corrected chi connectivity index (χ4v) is 2.79. The first-order valence-corrected chi connectivity index (χ1v) is 7.61. The normalized spacial score (nSPS) is 13.0. The van der Waals surface area contributed by atoms with Gasteiger partial charge in [0, 0.05) is 24.2 Å². The quantitative estimate of drug-likeness (QED) is 0.783. The number of hydrogen-bond acceptors (Lipinski definition) is 6. The van der Waals surface area contributed by atoms with Crippen molar-refractivity contribution in [3.8, 4) is 22.9 Å². The number of carbonyl (C=O) groups excluding carboxylic acids is 1. The second kappa shape index (κ2) is 5.90. The van der Waals surface area contributed by atoms with Gasteiger partial charge in [-0.3, -0.25) is 14.7 Å². The molecule has 0 saturated heterocycles. The monoisotopic (exact) mass is 337 g/mol. The van der Waals surface area contributed by atoms with Gasteiger partial charge in [-0.15, -0.1) is 0 Å². The number of aromatic nitrogens is 4. The highest BCUT2D eigenvalue weighted by atomic mass is 16.5. The second-order valence-corrected chi connectivity index (χ2v) is 5.43. The van der Waals surface area contributed by atoms with Gasteiger partial charge in [0.2, 0.25) is 5.95 Å². The molecule has 3 aromatic heterocycles. The van der Waals surface area contributed by atoms with Crippen LogP contribution in [0.4, 0.5) is 5.95 Å². The molecule has 25 heavy (non-hydrogen) atoms. The molecule has 0 radical (unpaired) electrons. The van der Waals surface area contributed by atoms with Crippen LogP contribution in [0.3, 0.4) is 0 Å². The van der Waals surface area contributed by atoms with Gasteiger partial charge >= 0.3 is 0 Å². The maximum absolute atomic E-state index is 12.5. The number of methoxy groups -OCH3 is 2. The van der Waals surface area contributed by atoms with E-state index in [-0.39, 0.29) is 5.91 Å². The Kier molecular flexibility index (Phi) is 3.57. The number of pyridine rings is 2. The number of nitrogens with one attached hydrogen (secondary N) is 1. The minimum atomic E-state index is -0.116. The van der Waals surface area contributed by atoms with Crippen LogP contribution >= 0.6 is 0 Å². The average molecular weight is 337 g/mol. The van der Waals surface area contributed by atoms with E-state index in [0.29, 0.717) is 41.1 Å². The lowest BCUT2D eigenvalue weighted by Gasteiger charge is -2.10. The van der Waals surface area contributed by atoms with Crippen LogP contribution in [0.5, 0.6) is 11.6 Å². The van der Waals surface area contributed by atoms with Crippen molar-refractivity contribution in [3.63, 3.8) is 0 Å². The van der Waals surface area contributed by atoms with Gasteiger partial charge < -0.3 is 14.5 Å². The van der Waals surface area contributed by atoms with Crippen molar-refractivity contribution < 1.29 is 14.3 Å². The SMILES string of the molecule is COc1cc(-c2ccc3c(n2)CN(c2ncc[nH]2)C3=O)cnc1OC. The maximum Gasteiger partial charge on any atom is 0.262 e. The molecule has 0 aromatic carbocycles. The Morgan fingerprint density at radius 1 is 1.20 bits per heavy atom. The van der Waals surface area contributed by atoms with Crippen molar-refractivity contribution >= 4 is 11.9 Å². The smallest absolute Gasteiger partial charge is 0.262 e. The summed E-state index contributed by atoms with van der Waals surface area (Å²) in [6.45, 7) is 0.371. The first-order valence-electron chi connectivity index (χ1n) is 7.61. The molecule has 4 heterocycles. The molecule has 0 spiro atoms. The van der Waals surface area contributed by atoms with E-state index in [1.165, 1.54) is 7.11 Å². The Bertz CT molecular complexity index is 939. The summed E-state index contributed by atoms with van der Waals surface area (Å²) in [7, 11) is 3.09. The molecule has 1 aliphatic heterocycles. The van der Waals surface area contributed by atoms with Gasteiger partial charge in [0.05, 0.1) is 37.7 Å². The molecule has 8 heteroatoms. The molecule has 0 unspecified atom stereocenters. The Morgan fingerprint density at radius 3 is 2.80 bits per heavy atom. The second-order valence-electron chi connectivity index (χ2n) is 5.43. The van der Waals surface area contributed by atoms with Gasteiger partial charge in [-0.1, -0.05) is 0 Å². The van der Waals surface area contributed by atoms with Crippen LogP contribution < -0.4 is 14.4 Å². The highest BCUT2D eigenvalue weighted by molar-refractivity contribution is 6.08. The van der Waals surface area contributed by atoms with E-state index in [9.17, 15) is 4.79 Å². The number of aromatic amines is 1. The van der Waals surface area contributed by atoms with E-state index < -0.39 is 0 Å². The molecule has 4 rings (SSSR count). The summed E-state index contributed by atoms with van der Waals surface area (Å²) < 4.78 is 10.4. The molecule has 1 N–H and O–H groups in total. The van der Waals surface area contributed by atoms with E-state index >= 15 is 0 Å². The number of hydrogen-bond donors (Lipinski definition) is 1. The van der Waals surface area contributed by atoms with E-state index in [1.54, 1.807) is 42.7 Å². The lowest BCUT2D eigenvalue weighted by atomic mass is 10.1. The molecule has 126 valence electrons. The van der Waals surface area contributed by atoms with Crippen LogP contribution in [-0.2, 0) is 6.54 Å². The lowest BCUT2D eigenvalue weighted by molar-refractivity contribution is 0.0995. The summed E-state index contributed by atoms with van der Waals surface area (Å²) in [6.07, 6.45) is 4.96. The first kappa shape index (κ1) is 15.1. The largest absolute Gasteiger partial charge is 0.491 e. The Balaban J connectivity index is 1.70. The zero-order valence-corrected chi connectivity index (χ0v) is 13.7. The topological polar surface area (TPSA) is 93.2 Å². The number of imidazole rings is 1. The van der Waals surface area contributed by atoms with Crippen molar-refractivity contribution in [2.75, 3.05) is 19.1 Å². The number of amides is 1. The lowest BCUT2D eigenvalue weighted by Crippen LogP contribution is -2.24. The molecule has 0 bridgehead atoms. The first-order chi connectivity index (χ1) is 12.2. The molecular formula is C17H15N5O3. The van der Waals surface area contributed by atoms with E-state index in [0.717, 1.165) is 5.56 Å². The third kappa shape index (κ3) is 2.47. The average Bonchev–Trinajstić information content (AvgIpc) is 3.29. The molecule has 0 atom stereocenters. The van der Waals surface area contributed by atoms with E-state index in [1.807, 2.05) is 6.07 Å². The van der Waals surface area contributed by atoms with E-state index in [2.05, 4.69) is 19.9 Å².